The number of benzene rings is 1. The Labute approximate surface area is 258 Å². The summed E-state index contributed by atoms with van der Waals surface area (Å²) in [5.41, 5.74) is 1.24. The second kappa shape index (κ2) is 14.8. The Hall–Kier alpha value is -3.72. The van der Waals surface area contributed by atoms with Gasteiger partial charge < -0.3 is 44.3 Å². The van der Waals surface area contributed by atoms with Crippen LogP contribution in [0.25, 0.3) is 0 Å². The molecule has 14 heteroatoms. The monoisotopic (exact) mass is 616 g/mol. The summed E-state index contributed by atoms with van der Waals surface area (Å²) in [6, 6.07) is 6.60. The van der Waals surface area contributed by atoms with Gasteiger partial charge in [-0.1, -0.05) is 6.07 Å². The van der Waals surface area contributed by atoms with Crippen LogP contribution >= 0.6 is 0 Å². The molecule has 0 aliphatic carbocycles. The highest BCUT2D eigenvalue weighted by Crippen LogP contribution is 2.30. The maximum absolute atomic E-state index is 13.3. The quantitative estimate of drug-likeness (QED) is 0.281. The van der Waals surface area contributed by atoms with Gasteiger partial charge in [-0.05, 0) is 50.5 Å². The minimum Gasteiger partial charge on any atom is -0.468 e. The molecule has 1 aromatic heterocycles. The van der Waals surface area contributed by atoms with Gasteiger partial charge in [-0.2, -0.15) is 4.98 Å². The minimum absolute atomic E-state index is 0.0930. The highest BCUT2D eigenvalue weighted by Gasteiger charge is 2.37. The largest absolute Gasteiger partial charge is 0.468 e. The van der Waals surface area contributed by atoms with Crippen LogP contribution in [0.5, 0.6) is 5.75 Å². The zero-order chi connectivity index (χ0) is 31.9. The third-order valence-electron chi connectivity index (χ3n) is 7.14. The first-order valence-corrected chi connectivity index (χ1v) is 14.6. The van der Waals surface area contributed by atoms with Gasteiger partial charge in [0.15, 0.2) is 6.79 Å². The number of amides is 2. The number of ether oxygens (including phenoxy) is 5. The molecule has 4 rings (SSSR count). The molecule has 3 heterocycles. The van der Waals surface area contributed by atoms with Crippen LogP contribution in [0.2, 0.25) is 0 Å². The zero-order valence-corrected chi connectivity index (χ0v) is 26.3. The van der Waals surface area contributed by atoms with E-state index in [0.29, 0.717) is 50.3 Å². The molecular formula is C30H44N6O8. The molecule has 3 N–H and O–H groups in total. The third-order valence-corrected chi connectivity index (χ3v) is 7.14. The number of hydrogen-bond donors (Lipinski definition) is 3. The molecule has 0 unspecified atom stereocenters. The number of aliphatic hydroxyl groups excluding tert-OH is 1. The number of carbonyl (C=O) groups excluding carboxylic acids is 2. The first-order valence-electron chi connectivity index (χ1n) is 14.6. The number of hydrogen-bond acceptors (Lipinski definition) is 12. The summed E-state index contributed by atoms with van der Waals surface area (Å²) < 4.78 is 26.7. The lowest BCUT2D eigenvalue weighted by atomic mass is 9.91. The Kier molecular flexibility index (Phi) is 11.2. The molecule has 2 amide bonds. The fraction of sp³-hybridized carbons (Fsp3) is 0.600. The van der Waals surface area contributed by atoms with Gasteiger partial charge in [0.25, 0.3) is 5.91 Å². The molecule has 44 heavy (non-hydrogen) atoms. The molecule has 2 aliphatic heterocycles. The van der Waals surface area contributed by atoms with Gasteiger partial charge in [0, 0.05) is 47.0 Å². The summed E-state index contributed by atoms with van der Waals surface area (Å²) in [6.45, 7) is 7.62. The molecule has 2 atom stereocenters. The molecule has 1 aromatic carbocycles. The Morgan fingerprint density at radius 3 is 2.59 bits per heavy atom. The molecule has 1 saturated heterocycles. The average Bonchev–Trinajstić information content (AvgIpc) is 2.97. The predicted octanol–water partition coefficient (Wildman–Crippen LogP) is 1.81. The zero-order valence-electron chi connectivity index (χ0n) is 26.3. The average molecular weight is 617 g/mol. The Morgan fingerprint density at radius 1 is 1.16 bits per heavy atom. The number of likely N-dealkylation sites (N-methyl/N-ethyl adjacent to an activating group) is 1. The van der Waals surface area contributed by atoms with Gasteiger partial charge in [-0.15, -0.1) is 0 Å². The normalized spacial score (nSPS) is 17.2. The first-order chi connectivity index (χ1) is 21.0. The van der Waals surface area contributed by atoms with E-state index in [1.165, 1.54) is 4.90 Å². The molecular weight excluding hydrogens is 572 g/mol. The number of nitrogens with one attached hydrogen (secondary N) is 2. The molecule has 0 bridgehead atoms. The number of anilines is 2. The van der Waals surface area contributed by atoms with Crippen molar-refractivity contribution in [1.29, 1.82) is 0 Å². The van der Waals surface area contributed by atoms with Crippen LogP contribution in [-0.2, 0) is 31.9 Å². The minimum atomic E-state index is -1.10. The second-order valence-electron chi connectivity index (χ2n) is 11.9. The summed E-state index contributed by atoms with van der Waals surface area (Å²) >= 11 is 0. The summed E-state index contributed by atoms with van der Waals surface area (Å²) in [5.74, 6) is 0.969. The number of aromatic nitrogens is 2. The fourth-order valence-corrected chi connectivity index (χ4v) is 4.74. The molecule has 1 fully saturated rings. The number of methoxy groups -OCH3 is 2. The van der Waals surface area contributed by atoms with E-state index in [9.17, 15) is 14.7 Å². The lowest BCUT2D eigenvalue weighted by molar-refractivity contribution is -0.0114. The fourth-order valence-electron chi connectivity index (χ4n) is 4.74. The van der Waals surface area contributed by atoms with Crippen molar-refractivity contribution >= 4 is 23.8 Å². The van der Waals surface area contributed by atoms with Gasteiger partial charge in [-0.3, -0.25) is 9.69 Å². The third kappa shape index (κ3) is 8.91. The SMILES string of the molecule is COCCN(C)c1nc(NC2COC2)cc(C(=O)NC[C@@H](O)[C@@H]2Cc3ccc(OCOC)cc3CN2C(=O)OC(C)(C)C)n1. The molecule has 0 saturated carbocycles. The molecule has 14 nitrogen and oxygen atoms in total. The summed E-state index contributed by atoms with van der Waals surface area (Å²) in [5, 5.41) is 17.4. The van der Waals surface area contributed by atoms with E-state index in [0.717, 1.165) is 11.1 Å². The Balaban J connectivity index is 1.50. The van der Waals surface area contributed by atoms with E-state index in [1.807, 2.05) is 25.2 Å². The van der Waals surface area contributed by atoms with Gasteiger partial charge in [0.2, 0.25) is 5.95 Å². The van der Waals surface area contributed by atoms with E-state index in [1.54, 1.807) is 46.0 Å². The first kappa shape index (κ1) is 33.2. The number of nitrogens with zero attached hydrogens (tertiary/aromatic N) is 4. The van der Waals surface area contributed by atoms with Crippen LogP contribution in [-0.4, -0.2) is 117 Å². The van der Waals surface area contributed by atoms with Crippen LogP contribution < -0.4 is 20.3 Å². The van der Waals surface area contributed by atoms with E-state index in [2.05, 4.69) is 20.6 Å². The second-order valence-corrected chi connectivity index (χ2v) is 11.9. The van der Waals surface area contributed by atoms with Crippen molar-refractivity contribution in [3.63, 3.8) is 0 Å². The van der Waals surface area contributed by atoms with Gasteiger partial charge in [-0.25, -0.2) is 9.78 Å². The molecule has 2 aliphatic rings. The van der Waals surface area contributed by atoms with Crippen molar-refractivity contribution in [2.45, 2.75) is 57.5 Å². The number of fused-ring (bicyclic) bond motifs is 1. The van der Waals surface area contributed by atoms with Crippen LogP contribution in [0.3, 0.4) is 0 Å². The molecule has 242 valence electrons. The Bertz CT molecular complexity index is 1280. The molecule has 0 radical (unpaired) electrons. The lowest BCUT2D eigenvalue weighted by Gasteiger charge is -2.40. The maximum Gasteiger partial charge on any atom is 0.410 e. The summed E-state index contributed by atoms with van der Waals surface area (Å²) in [7, 11) is 4.96. The summed E-state index contributed by atoms with van der Waals surface area (Å²) in [6.07, 6.45) is -1.30. The predicted molar refractivity (Wildman–Crippen MR) is 162 cm³/mol. The van der Waals surface area contributed by atoms with E-state index in [-0.39, 0.29) is 31.6 Å². The van der Waals surface area contributed by atoms with E-state index >= 15 is 0 Å². The van der Waals surface area contributed by atoms with Crippen molar-refractivity contribution in [3.05, 3.63) is 41.1 Å². The van der Waals surface area contributed by atoms with Crippen LogP contribution in [0.1, 0.15) is 42.4 Å². The maximum atomic E-state index is 13.3. The standard InChI is InChI=1S/C30H44N6O8/c1-30(2,3)44-29(39)36-15-20-11-22(43-18-41-6)8-7-19(20)12-24(36)25(37)14-31-27(38)23-13-26(32-21-16-42-17-21)34-28(33-23)35(4)9-10-40-5/h7-8,11,13,21,24-25,37H,9-10,12,14-18H2,1-6H3,(H,31,38)(H,32,33,34)/t24-,25+/m0/s1. The van der Waals surface area contributed by atoms with Crippen LogP contribution in [0.4, 0.5) is 16.6 Å². The van der Waals surface area contributed by atoms with Crippen molar-refractivity contribution in [2.75, 3.05) is 71.2 Å². The number of carbonyl (C=O) groups is 2. The number of rotatable bonds is 13. The number of aliphatic hydroxyl groups is 1. The highest BCUT2D eigenvalue weighted by molar-refractivity contribution is 5.93. The van der Waals surface area contributed by atoms with Gasteiger partial charge in [0.05, 0.1) is 38.0 Å². The molecule has 0 spiro atoms. The Morgan fingerprint density at radius 2 is 1.93 bits per heavy atom. The summed E-state index contributed by atoms with van der Waals surface area (Å²) in [4.78, 5) is 38.9. The molecule has 2 aromatic rings. The van der Waals surface area contributed by atoms with Crippen LogP contribution in [0.15, 0.2) is 24.3 Å². The van der Waals surface area contributed by atoms with E-state index in [4.69, 9.17) is 23.7 Å². The van der Waals surface area contributed by atoms with Crippen LogP contribution in [0, 0.1) is 0 Å². The van der Waals surface area contributed by atoms with Crippen molar-refractivity contribution in [3.8, 4) is 5.75 Å². The van der Waals surface area contributed by atoms with Crippen molar-refractivity contribution in [2.24, 2.45) is 0 Å². The van der Waals surface area contributed by atoms with Gasteiger partial charge in [0.1, 0.15) is 22.9 Å². The topological polar surface area (TPSA) is 157 Å². The lowest BCUT2D eigenvalue weighted by Crippen LogP contribution is -2.54. The van der Waals surface area contributed by atoms with Crippen molar-refractivity contribution in [1.82, 2.24) is 20.2 Å². The van der Waals surface area contributed by atoms with Gasteiger partial charge >= 0.3 is 6.09 Å². The van der Waals surface area contributed by atoms with E-state index < -0.39 is 29.7 Å². The highest BCUT2D eigenvalue weighted by atomic mass is 16.7. The smallest absolute Gasteiger partial charge is 0.410 e. The van der Waals surface area contributed by atoms with Crippen molar-refractivity contribution < 1.29 is 38.4 Å².